The van der Waals surface area contributed by atoms with Crippen LogP contribution >= 0.6 is 0 Å². The van der Waals surface area contributed by atoms with Gasteiger partial charge in [0.25, 0.3) is 0 Å². The summed E-state index contributed by atoms with van der Waals surface area (Å²) in [7, 11) is 0. The molecule has 0 amide bonds. The van der Waals surface area contributed by atoms with Gasteiger partial charge in [0.1, 0.15) is 0 Å². The van der Waals surface area contributed by atoms with E-state index in [1.807, 2.05) is 24.3 Å². The Morgan fingerprint density at radius 2 is 1.67 bits per heavy atom. The number of terminal acetylenes is 1. The predicted molar refractivity (Wildman–Crippen MR) is 239 cm³/mol. The molecule has 0 bridgehead atoms. The molecule has 5 atom stereocenters. The molecule has 3 aliphatic carbocycles. The lowest BCUT2D eigenvalue weighted by molar-refractivity contribution is 0.367. The molecule has 1 fully saturated rings. The second-order valence-corrected chi connectivity index (χ2v) is 16.1. The number of anilines is 1. The van der Waals surface area contributed by atoms with E-state index < -0.39 is 5.41 Å². The fourth-order valence-electron chi connectivity index (χ4n) is 10.3. The summed E-state index contributed by atoms with van der Waals surface area (Å²) in [5.74, 6) is 5.56. The minimum atomic E-state index is -0.566. The van der Waals surface area contributed by atoms with Crippen LogP contribution in [0.15, 0.2) is 157 Å². The van der Waals surface area contributed by atoms with Crippen LogP contribution in [0.5, 0.6) is 0 Å². The third kappa shape index (κ3) is 6.77. The second kappa shape index (κ2) is 16.4. The first-order chi connectivity index (χ1) is 28.6. The van der Waals surface area contributed by atoms with Crippen molar-refractivity contribution < 1.29 is 0 Å². The molecule has 0 spiro atoms. The van der Waals surface area contributed by atoms with Crippen LogP contribution in [-0.2, 0) is 5.41 Å². The molecule has 58 heavy (non-hydrogen) atoms. The predicted octanol–water partition coefficient (Wildman–Crippen LogP) is 11.2. The average molecular weight is 758 g/mol. The van der Waals surface area contributed by atoms with Gasteiger partial charge in [0.2, 0.25) is 0 Å². The molecular weight excluding hydrogens is 707 g/mol. The average Bonchev–Trinajstić information content (AvgIpc) is 3.85. The van der Waals surface area contributed by atoms with Crippen molar-refractivity contribution in [1.29, 1.82) is 0 Å². The summed E-state index contributed by atoms with van der Waals surface area (Å²) in [6.45, 7) is 6.43. The Morgan fingerprint density at radius 3 is 2.47 bits per heavy atom. The summed E-state index contributed by atoms with van der Waals surface area (Å²) in [6, 6.07) is 27.1. The summed E-state index contributed by atoms with van der Waals surface area (Å²) in [4.78, 5) is 18.4. The number of nitrogens with zero attached hydrogens (tertiary/aromatic N) is 4. The van der Waals surface area contributed by atoms with Gasteiger partial charge in [-0.25, -0.2) is 15.0 Å². The summed E-state index contributed by atoms with van der Waals surface area (Å²) in [5.41, 5.74) is 13.4. The lowest BCUT2D eigenvalue weighted by Crippen LogP contribution is -2.41. The van der Waals surface area contributed by atoms with Gasteiger partial charge in [-0.2, -0.15) is 0 Å². The topological polar surface area (TPSA) is 53.9 Å². The number of hydrogen-bond donors (Lipinski definition) is 1. The number of rotatable bonds is 9. The number of allylic oxidation sites excluding steroid dienone is 12. The summed E-state index contributed by atoms with van der Waals surface area (Å²) >= 11 is 0. The SMILES string of the molecule is C#C/C=C\C(=C/C)C(c1ccccc1)(c1cccc(-c2nc(C3=C=CC=C3)nc(-c3ccc4c(c3)C3CCCCC3N4C3=CCNCCC3)n2)c1)C1C=CC=CC1C. The maximum Gasteiger partial charge on any atom is 0.171 e. The van der Waals surface area contributed by atoms with Gasteiger partial charge in [-0.1, -0.05) is 117 Å². The van der Waals surface area contributed by atoms with E-state index in [2.05, 4.69) is 151 Å². The first-order valence-corrected chi connectivity index (χ1v) is 21.1. The van der Waals surface area contributed by atoms with Crippen molar-refractivity contribution in [2.45, 2.75) is 69.7 Å². The molecule has 9 rings (SSSR count). The van der Waals surface area contributed by atoms with Crippen molar-refractivity contribution in [3.05, 3.63) is 179 Å². The number of fused-ring (bicyclic) bond motifs is 3. The van der Waals surface area contributed by atoms with Crippen LogP contribution < -0.4 is 10.2 Å². The molecule has 1 saturated carbocycles. The van der Waals surface area contributed by atoms with Gasteiger partial charge in [-0.05, 0) is 116 Å². The molecule has 5 nitrogen and oxygen atoms in total. The van der Waals surface area contributed by atoms with Crippen LogP contribution in [0.1, 0.15) is 80.8 Å². The Labute approximate surface area is 344 Å². The van der Waals surface area contributed by atoms with Crippen LogP contribution in [0.3, 0.4) is 0 Å². The fourth-order valence-corrected chi connectivity index (χ4v) is 10.3. The molecule has 3 aromatic carbocycles. The highest BCUT2D eigenvalue weighted by molar-refractivity contribution is 5.77. The Balaban J connectivity index is 1.20. The molecule has 5 aliphatic rings. The van der Waals surface area contributed by atoms with Gasteiger partial charge in [-0.15, -0.1) is 12.2 Å². The number of nitrogens with one attached hydrogen (secondary N) is 1. The van der Waals surface area contributed by atoms with E-state index in [0.717, 1.165) is 47.3 Å². The zero-order chi connectivity index (χ0) is 39.5. The van der Waals surface area contributed by atoms with Crippen molar-refractivity contribution in [1.82, 2.24) is 20.3 Å². The molecule has 1 N–H and O–H groups in total. The van der Waals surface area contributed by atoms with E-state index in [1.165, 1.54) is 54.6 Å². The summed E-state index contributed by atoms with van der Waals surface area (Å²) in [5, 5.41) is 3.57. The zero-order valence-electron chi connectivity index (χ0n) is 33.6. The molecule has 2 aliphatic heterocycles. The maximum atomic E-state index is 5.86. The molecule has 5 heteroatoms. The van der Waals surface area contributed by atoms with Crippen molar-refractivity contribution in [2.75, 3.05) is 18.0 Å². The van der Waals surface area contributed by atoms with E-state index >= 15 is 0 Å². The van der Waals surface area contributed by atoms with Crippen molar-refractivity contribution in [3.63, 3.8) is 0 Å². The molecule has 0 radical (unpaired) electrons. The Kier molecular flexibility index (Phi) is 10.6. The molecular formula is C53H51N5. The van der Waals surface area contributed by atoms with Crippen LogP contribution in [-0.4, -0.2) is 34.1 Å². The van der Waals surface area contributed by atoms with Crippen molar-refractivity contribution in [2.24, 2.45) is 11.8 Å². The molecule has 4 aromatic rings. The zero-order valence-corrected chi connectivity index (χ0v) is 33.6. The quantitative estimate of drug-likeness (QED) is 0.105. The molecule has 1 aromatic heterocycles. The van der Waals surface area contributed by atoms with Crippen LogP contribution in [0.25, 0.3) is 28.3 Å². The van der Waals surface area contributed by atoms with Gasteiger partial charge >= 0.3 is 0 Å². The molecule has 0 saturated heterocycles. The smallest absolute Gasteiger partial charge is 0.171 e. The van der Waals surface area contributed by atoms with Gasteiger partial charge in [-0.3, -0.25) is 0 Å². The highest BCUT2D eigenvalue weighted by Crippen LogP contribution is 2.52. The Hall–Kier alpha value is -6.05. The normalized spacial score (nSPS) is 23.5. The third-order valence-electron chi connectivity index (χ3n) is 12.9. The highest BCUT2D eigenvalue weighted by Gasteiger charge is 2.46. The number of hydrogen-bond acceptors (Lipinski definition) is 5. The van der Waals surface area contributed by atoms with Gasteiger partial charge < -0.3 is 10.2 Å². The molecule has 3 heterocycles. The monoisotopic (exact) mass is 757 g/mol. The molecule has 5 unspecified atom stereocenters. The van der Waals surface area contributed by atoms with Gasteiger partial charge in [0.05, 0.1) is 11.0 Å². The van der Waals surface area contributed by atoms with Crippen LogP contribution in [0.4, 0.5) is 5.69 Å². The summed E-state index contributed by atoms with van der Waals surface area (Å²) in [6.07, 6.45) is 36.7. The highest BCUT2D eigenvalue weighted by atomic mass is 15.2. The second-order valence-electron chi connectivity index (χ2n) is 16.1. The Morgan fingerprint density at radius 1 is 0.879 bits per heavy atom. The maximum absolute atomic E-state index is 5.86. The minimum absolute atomic E-state index is 0.103. The molecule has 288 valence electrons. The van der Waals surface area contributed by atoms with Crippen LogP contribution in [0, 0.1) is 24.2 Å². The first-order valence-electron chi connectivity index (χ1n) is 21.1. The van der Waals surface area contributed by atoms with E-state index in [0.29, 0.717) is 29.4 Å². The lowest BCUT2D eigenvalue weighted by Gasteiger charge is -2.45. The van der Waals surface area contributed by atoms with Crippen LogP contribution in [0.2, 0.25) is 0 Å². The van der Waals surface area contributed by atoms with E-state index in [4.69, 9.17) is 21.4 Å². The van der Waals surface area contributed by atoms with E-state index in [-0.39, 0.29) is 11.8 Å². The third-order valence-corrected chi connectivity index (χ3v) is 12.9. The van der Waals surface area contributed by atoms with Gasteiger partial charge in [0.15, 0.2) is 17.5 Å². The van der Waals surface area contributed by atoms with Gasteiger partial charge in [0, 0.05) is 46.9 Å². The van der Waals surface area contributed by atoms with Crippen molar-refractivity contribution >= 4 is 11.3 Å². The first kappa shape index (κ1) is 37.5. The summed E-state index contributed by atoms with van der Waals surface area (Å²) < 4.78 is 0. The number of benzene rings is 3. The van der Waals surface area contributed by atoms with Crippen molar-refractivity contribution in [3.8, 4) is 35.1 Å². The fraction of sp³-hybridized carbons (Fsp3) is 0.283. The standard InChI is InChI=1S/C53H51N5/c1-4-6-22-41(5-2)53(42-23-8-7-9-24-42,47-28-14-10-18-37(47)3)43-25-16-21-39(35-43)51-55-50(38-19-11-12-20-38)56-52(57-51)40-30-31-49-46(36-40)45-27-13-15-29-48(45)58(49)44-26-17-33-54-34-32-44/h1,5-12,14,16,18-19,21-25,28,30-32,35-37,45,47-48,54H,13,15,17,26-27,29,33-34H2,2-3H3/b22-6-,41-5+. The van der Waals surface area contributed by atoms with E-state index in [9.17, 15) is 0 Å². The number of aromatic nitrogens is 3. The van der Waals surface area contributed by atoms with E-state index in [1.54, 1.807) is 0 Å². The minimum Gasteiger partial charge on any atom is -0.341 e. The lowest BCUT2D eigenvalue weighted by atomic mass is 9.57. The Bertz CT molecular complexity index is 2500. The largest absolute Gasteiger partial charge is 0.341 e.